The minimum absolute atomic E-state index is 0.0525. The predicted octanol–water partition coefficient (Wildman–Crippen LogP) is 1.06. The van der Waals surface area contributed by atoms with Crippen LogP contribution in [0, 0.1) is 0 Å². The number of aliphatic hydroxyl groups excluding tert-OH is 1. The van der Waals surface area contributed by atoms with Gasteiger partial charge in [0.05, 0.1) is 13.0 Å². The van der Waals surface area contributed by atoms with E-state index in [1.165, 1.54) is 4.88 Å². The molecule has 0 saturated heterocycles. The Morgan fingerprint density at radius 2 is 2.38 bits per heavy atom. The lowest BCUT2D eigenvalue weighted by Gasteiger charge is -2.25. The predicted molar refractivity (Wildman–Crippen MR) is 63.8 cm³/mol. The lowest BCUT2D eigenvalue weighted by molar-refractivity contribution is -0.138. The number of nitrogens with zero attached hydrogens (tertiary/aromatic N) is 1. The Labute approximate surface area is 99.1 Å². The first-order chi connectivity index (χ1) is 7.63. The van der Waals surface area contributed by atoms with E-state index in [0.29, 0.717) is 6.54 Å². The van der Waals surface area contributed by atoms with E-state index in [-0.39, 0.29) is 19.1 Å². The van der Waals surface area contributed by atoms with Crippen molar-refractivity contribution in [3.63, 3.8) is 0 Å². The molecule has 1 atom stereocenters. The van der Waals surface area contributed by atoms with E-state index in [0.717, 1.165) is 6.42 Å². The van der Waals surface area contributed by atoms with Gasteiger partial charge in [-0.05, 0) is 24.9 Å². The van der Waals surface area contributed by atoms with Crippen molar-refractivity contribution >= 4 is 17.3 Å². The summed E-state index contributed by atoms with van der Waals surface area (Å²) in [5.41, 5.74) is 0. The third kappa shape index (κ3) is 4.30. The van der Waals surface area contributed by atoms with Gasteiger partial charge in [-0.1, -0.05) is 6.07 Å². The smallest absolute Gasteiger partial charge is 0.304 e. The summed E-state index contributed by atoms with van der Waals surface area (Å²) in [4.78, 5) is 13.8. The van der Waals surface area contributed by atoms with E-state index in [4.69, 9.17) is 10.2 Å². The van der Waals surface area contributed by atoms with Crippen LogP contribution in [0.4, 0.5) is 0 Å². The van der Waals surface area contributed by atoms with E-state index in [9.17, 15) is 4.79 Å². The first-order valence-electron chi connectivity index (χ1n) is 5.18. The molecule has 1 aromatic rings. The Balaban J connectivity index is 2.59. The fraction of sp³-hybridized carbons (Fsp3) is 0.545. The maximum Gasteiger partial charge on any atom is 0.304 e. The topological polar surface area (TPSA) is 60.8 Å². The van der Waals surface area contributed by atoms with Gasteiger partial charge in [-0.3, -0.25) is 4.79 Å². The zero-order chi connectivity index (χ0) is 12.0. The maximum atomic E-state index is 10.8. The molecular formula is C11H17NO3S. The molecule has 0 aromatic carbocycles. The third-order valence-corrected chi connectivity index (χ3v) is 3.40. The van der Waals surface area contributed by atoms with Crippen LogP contribution in [0.5, 0.6) is 0 Å². The van der Waals surface area contributed by atoms with Gasteiger partial charge in [0.15, 0.2) is 0 Å². The van der Waals surface area contributed by atoms with Gasteiger partial charge in [-0.25, -0.2) is 0 Å². The standard InChI is InChI=1S/C11H17NO3S/c1-12(4-5-13)9(8-11(14)15)7-10-3-2-6-16-10/h2-3,6,9,13H,4-5,7-8H2,1H3,(H,14,15). The number of hydrogen-bond donors (Lipinski definition) is 2. The molecule has 0 radical (unpaired) electrons. The molecule has 0 aliphatic rings. The van der Waals surface area contributed by atoms with Crippen LogP contribution in [0.2, 0.25) is 0 Å². The van der Waals surface area contributed by atoms with E-state index in [1.54, 1.807) is 11.3 Å². The van der Waals surface area contributed by atoms with E-state index in [2.05, 4.69) is 0 Å². The number of carboxylic acid groups (broad SMARTS) is 1. The number of aliphatic hydroxyl groups is 1. The monoisotopic (exact) mass is 243 g/mol. The average molecular weight is 243 g/mol. The van der Waals surface area contributed by atoms with Crippen LogP contribution in [0.3, 0.4) is 0 Å². The molecule has 90 valence electrons. The van der Waals surface area contributed by atoms with Crippen molar-refractivity contribution in [2.24, 2.45) is 0 Å². The number of hydrogen-bond acceptors (Lipinski definition) is 4. The quantitative estimate of drug-likeness (QED) is 0.751. The molecule has 1 aromatic heterocycles. The first-order valence-corrected chi connectivity index (χ1v) is 6.06. The lowest BCUT2D eigenvalue weighted by atomic mass is 10.1. The van der Waals surface area contributed by atoms with Gasteiger partial charge in [0.1, 0.15) is 0 Å². The number of thiophene rings is 1. The molecule has 0 amide bonds. The van der Waals surface area contributed by atoms with Gasteiger partial charge in [-0.15, -0.1) is 11.3 Å². The summed E-state index contributed by atoms with van der Waals surface area (Å²) in [6, 6.07) is 3.92. The number of carboxylic acids is 1. The molecule has 0 aliphatic carbocycles. The zero-order valence-electron chi connectivity index (χ0n) is 9.30. The van der Waals surface area contributed by atoms with Crippen molar-refractivity contribution in [1.29, 1.82) is 0 Å². The van der Waals surface area contributed by atoms with Crippen LogP contribution in [-0.4, -0.2) is 47.3 Å². The third-order valence-electron chi connectivity index (χ3n) is 2.50. The summed E-state index contributed by atoms with van der Waals surface area (Å²) in [5.74, 6) is -0.800. The second-order valence-electron chi connectivity index (χ2n) is 3.74. The van der Waals surface area contributed by atoms with E-state index >= 15 is 0 Å². The Morgan fingerprint density at radius 1 is 1.62 bits per heavy atom. The second-order valence-corrected chi connectivity index (χ2v) is 4.77. The van der Waals surface area contributed by atoms with E-state index in [1.807, 2.05) is 29.5 Å². The molecular weight excluding hydrogens is 226 g/mol. The van der Waals surface area contributed by atoms with E-state index < -0.39 is 5.97 Å². The summed E-state index contributed by atoms with van der Waals surface area (Å²) >= 11 is 1.63. The fourth-order valence-corrected chi connectivity index (χ4v) is 2.36. The highest BCUT2D eigenvalue weighted by molar-refractivity contribution is 7.09. The zero-order valence-corrected chi connectivity index (χ0v) is 10.1. The molecule has 0 spiro atoms. The van der Waals surface area contributed by atoms with Crippen LogP contribution in [-0.2, 0) is 11.2 Å². The lowest BCUT2D eigenvalue weighted by Crippen LogP contribution is -2.37. The maximum absolute atomic E-state index is 10.8. The summed E-state index contributed by atoms with van der Waals surface area (Å²) in [6.45, 7) is 0.556. The molecule has 1 unspecified atom stereocenters. The molecule has 2 N–H and O–H groups in total. The molecule has 1 rings (SSSR count). The van der Waals surface area contributed by atoms with Crippen LogP contribution in [0.25, 0.3) is 0 Å². The van der Waals surface area contributed by atoms with Crippen molar-refractivity contribution < 1.29 is 15.0 Å². The van der Waals surface area contributed by atoms with Crippen molar-refractivity contribution in [1.82, 2.24) is 4.90 Å². The minimum Gasteiger partial charge on any atom is -0.481 e. The largest absolute Gasteiger partial charge is 0.481 e. The Kier molecular flexibility index (Phi) is 5.45. The highest BCUT2D eigenvalue weighted by atomic mass is 32.1. The number of aliphatic carboxylic acids is 1. The number of rotatable bonds is 7. The molecule has 0 bridgehead atoms. The summed E-state index contributed by atoms with van der Waals surface area (Å²) in [5, 5.41) is 19.7. The molecule has 4 nitrogen and oxygen atoms in total. The highest BCUT2D eigenvalue weighted by Crippen LogP contribution is 2.15. The average Bonchev–Trinajstić information content (AvgIpc) is 2.69. The normalized spacial score (nSPS) is 12.9. The summed E-state index contributed by atoms with van der Waals surface area (Å²) in [6.07, 6.45) is 0.828. The summed E-state index contributed by atoms with van der Waals surface area (Å²) in [7, 11) is 1.84. The van der Waals surface area contributed by atoms with Gasteiger partial charge in [0.25, 0.3) is 0 Å². The molecule has 16 heavy (non-hydrogen) atoms. The Morgan fingerprint density at radius 3 is 2.88 bits per heavy atom. The van der Waals surface area contributed by atoms with Crippen LogP contribution >= 0.6 is 11.3 Å². The van der Waals surface area contributed by atoms with Crippen LogP contribution in [0.1, 0.15) is 11.3 Å². The fourth-order valence-electron chi connectivity index (χ4n) is 1.59. The molecule has 0 saturated carbocycles. The Bertz CT molecular complexity index is 313. The molecule has 5 heteroatoms. The number of likely N-dealkylation sites (N-methyl/N-ethyl adjacent to an activating group) is 1. The van der Waals surface area contributed by atoms with Gasteiger partial charge in [-0.2, -0.15) is 0 Å². The summed E-state index contributed by atoms with van der Waals surface area (Å²) < 4.78 is 0. The van der Waals surface area contributed by atoms with Gasteiger partial charge in [0.2, 0.25) is 0 Å². The van der Waals surface area contributed by atoms with Gasteiger partial charge < -0.3 is 15.1 Å². The minimum atomic E-state index is -0.800. The highest BCUT2D eigenvalue weighted by Gasteiger charge is 2.18. The van der Waals surface area contributed by atoms with Gasteiger partial charge in [0, 0.05) is 17.5 Å². The van der Waals surface area contributed by atoms with Crippen molar-refractivity contribution in [2.45, 2.75) is 18.9 Å². The molecule has 0 fully saturated rings. The second kappa shape index (κ2) is 6.62. The van der Waals surface area contributed by atoms with Crippen LogP contribution in [0.15, 0.2) is 17.5 Å². The van der Waals surface area contributed by atoms with Crippen molar-refractivity contribution in [3.05, 3.63) is 22.4 Å². The van der Waals surface area contributed by atoms with Crippen molar-refractivity contribution in [2.75, 3.05) is 20.2 Å². The Hall–Kier alpha value is -0.910. The molecule has 0 aliphatic heterocycles. The van der Waals surface area contributed by atoms with Crippen molar-refractivity contribution in [3.8, 4) is 0 Å². The molecule has 1 heterocycles. The number of carbonyl (C=O) groups is 1. The SMILES string of the molecule is CN(CCO)C(CC(=O)O)Cc1cccs1. The van der Waals surface area contributed by atoms with Crippen LogP contribution < -0.4 is 0 Å². The first kappa shape index (κ1) is 13.2. The van der Waals surface area contributed by atoms with Gasteiger partial charge >= 0.3 is 5.97 Å².